The predicted octanol–water partition coefficient (Wildman–Crippen LogP) is 1.48. The number of methoxy groups -OCH3 is 1. The summed E-state index contributed by atoms with van der Waals surface area (Å²) in [6, 6.07) is 10.9. The molecule has 1 aromatic heterocycles. The molecule has 2 rings (SSSR count). The fourth-order valence-corrected chi connectivity index (χ4v) is 1.80. The second-order valence-electron chi connectivity index (χ2n) is 4.64. The Hall–Kier alpha value is -2.80. The number of ether oxygens (including phenoxy) is 2. The van der Waals surface area contributed by atoms with Crippen LogP contribution in [0.2, 0.25) is 0 Å². The molecular formula is C16H20N4O3. The standard InChI is InChI=1S/C16H20N4O3/c1-22-13-3-5-14(6-4-13)23-9-8-18-12-2-7-15(19-11-12)20-16(21)10-17/h2-7,11,18H,8-10,17H2,1H3,(H,19,20,21). The monoisotopic (exact) mass is 316 g/mol. The Labute approximate surface area is 134 Å². The lowest BCUT2D eigenvalue weighted by atomic mass is 10.3. The molecule has 0 saturated carbocycles. The Kier molecular flexibility index (Phi) is 6.19. The van der Waals surface area contributed by atoms with Gasteiger partial charge in [-0.1, -0.05) is 0 Å². The summed E-state index contributed by atoms with van der Waals surface area (Å²) < 4.78 is 10.7. The van der Waals surface area contributed by atoms with Crippen LogP contribution in [0.25, 0.3) is 0 Å². The molecule has 7 nitrogen and oxygen atoms in total. The van der Waals surface area contributed by atoms with Crippen LogP contribution in [0.5, 0.6) is 11.5 Å². The first-order valence-corrected chi connectivity index (χ1v) is 7.18. The summed E-state index contributed by atoms with van der Waals surface area (Å²) in [5.41, 5.74) is 6.06. The highest BCUT2D eigenvalue weighted by Crippen LogP contribution is 2.16. The first-order chi connectivity index (χ1) is 11.2. The lowest BCUT2D eigenvalue weighted by Crippen LogP contribution is -2.22. The van der Waals surface area contributed by atoms with Gasteiger partial charge in [-0.2, -0.15) is 0 Å². The average molecular weight is 316 g/mol. The van der Waals surface area contributed by atoms with Gasteiger partial charge in [0.2, 0.25) is 5.91 Å². The third kappa shape index (κ3) is 5.48. The van der Waals surface area contributed by atoms with E-state index in [1.807, 2.05) is 30.3 Å². The topological polar surface area (TPSA) is 98.5 Å². The number of rotatable bonds is 8. The first kappa shape index (κ1) is 16.6. The minimum Gasteiger partial charge on any atom is -0.497 e. The Bertz CT molecular complexity index is 614. The van der Waals surface area contributed by atoms with Crippen LogP contribution < -0.4 is 25.8 Å². The van der Waals surface area contributed by atoms with Crippen molar-refractivity contribution in [1.82, 2.24) is 4.98 Å². The van der Waals surface area contributed by atoms with Crippen LogP contribution in [-0.2, 0) is 4.79 Å². The van der Waals surface area contributed by atoms with E-state index in [4.69, 9.17) is 15.2 Å². The van der Waals surface area contributed by atoms with Crippen LogP contribution in [-0.4, -0.2) is 37.7 Å². The number of carbonyl (C=O) groups is 1. The third-order valence-corrected chi connectivity index (χ3v) is 2.98. The quantitative estimate of drug-likeness (QED) is 0.638. The number of nitrogens with two attached hydrogens (primary N) is 1. The van der Waals surface area contributed by atoms with Gasteiger partial charge in [0.25, 0.3) is 0 Å². The molecule has 0 saturated heterocycles. The Morgan fingerprint density at radius 2 is 1.91 bits per heavy atom. The zero-order valence-electron chi connectivity index (χ0n) is 12.9. The lowest BCUT2D eigenvalue weighted by Gasteiger charge is -2.09. The Morgan fingerprint density at radius 3 is 2.52 bits per heavy atom. The first-order valence-electron chi connectivity index (χ1n) is 7.18. The number of hydrogen-bond acceptors (Lipinski definition) is 6. The Morgan fingerprint density at radius 1 is 1.17 bits per heavy atom. The highest BCUT2D eigenvalue weighted by atomic mass is 16.5. The van der Waals surface area contributed by atoms with Crippen LogP contribution in [0, 0.1) is 0 Å². The van der Waals surface area contributed by atoms with Gasteiger partial charge < -0.3 is 25.8 Å². The van der Waals surface area contributed by atoms with Gasteiger partial charge in [0, 0.05) is 6.54 Å². The van der Waals surface area contributed by atoms with Crippen molar-refractivity contribution in [3.05, 3.63) is 42.6 Å². The number of aromatic nitrogens is 1. The maximum absolute atomic E-state index is 11.1. The van der Waals surface area contributed by atoms with E-state index in [-0.39, 0.29) is 12.5 Å². The molecule has 0 aliphatic carbocycles. The molecule has 0 aliphatic heterocycles. The van der Waals surface area contributed by atoms with Crippen LogP contribution in [0.3, 0.4) is 0 Å². The van der Waals surface area contributed by atoms with E-state index in [1.54, 1.807) is 19.4 Å². The van der Waals surface area contributed by atoms with Crippen LogP contribution in [0.15, 0.2) is 42.6 Å². The van der Waals surface area contributed by atoms with Crippen LogP contribution >= 0.6 is 0 Å². The molecule has 0 radical (unpaired) electrons. The number of anilines is 2. The molecule has 0 bridgehead atoms. The maximum atomic E-state index is 11.1. The molecule has 0 aliphatic rings. The fourth-order valence-electron chi connectivity index (χ4n) is 1.80. The number of amides is 1. The SMILES string of the molecule is COc1ccc(OCCNc2ccc(NC(=O)CN)nc2)cc1. The van der Waals surface area contributed by atoms with E-state index in [9.17, 15) is 4.79 Å². The number of hydrogen-bond donors (Lipinski definition) is 3. The van der Waals surface area contributed by atoms with E-state index in [0.717, 1.165) is 17.2 Å². The number of benzene rings is 1. The molecule has 1 heterocycles. The zero-order valence-corrected chi connectivity index (χ0v) is 12.9. The van der Waals surface area contributed by atoms with E-state index in [0.29, 0.717) is 19.0 Å². The average Bonchev–Trinajstić information content (AvgIpc) is 2.60. The molecule has 0 unspecified atom stereocenters. The molecule has 1 aromatic carbocycles. The largest absolute Gasteiger partial charge is 0.497 e. The van der Waals surface area contributed by atoms with E-state index >= 15 is 0 Å². The van der Waals surface area contributed by atoms with E-state index in [2.05, 4.69) is 15.6 Å². The molecule has 0 atom stereocenters. The van der Waals surface area contributed by atoms with Crippen molar-refractivity contribution >= 4 is 17.4 Å². The van der Waals surface area contributed by atoms with Crippen molar-refractivity contribution in [3.8, 4) is 11.5 Å². The van der Waals surface area contributed by atoms with Gasteiger partial charge in [-0.05, 0) is 36.4 Å². The van der Waals surface area contributed by atoms with E-state index in [1.165, 1.54) is 0 Å². The molecule has 122 valence electrons. The summed E-state index contributed by atoms with van der Waals surface area (Å²) in [4.78, 5) is 15.3. The molecule has 23 heavy (non-hydrogen) atoms. The minimum atomic E-state index is -0.272. The van der Waals surface area contributed by atoms with Gasteiger partial charge >= 0.3 is 0 Å². The van der Waals surface area contributed by atoms with Crippen molar-refractivity contribution in [2.75, 3.05) is 37.4 Å². The molecule has 7 heteroatoms. The molecule has 4 N–H and O–H groups in total. The molecule has 0 spiro atoms. The van der Waals surface area contributed by atoms with Gasteiger partial charge in [-0.3, -0.25) is 4.79 Å². The predicted molar refractivity (Wildman–Crippen MR) is 88.9 cm³/mol. The van der Waals surface area contributed by atoms with Crippen molar-refractivity contribution in [2.24, 2.45) is 5.73 Å². The van der Waals surface area contributed by atoms with Crippen molar-refractivity contribution in [2.45, 2.75) is 0 Å². The fraction of sp³-hybridized carbons (Fsp3) is 0.250. The minimum absolute atomic E-state index is 0.0651. The molecular weight excluding hydrogens is 296 g/mol. The van der Waals surface area contributed by atoms with Crippen LogP contribution in [0.4, 0.5) is 11.5 Å². The van der Waals surface area contributed by atoms with Crippen molar-refractivity contribution < 1.29 is 14.3 Å². The highest BCUT2D eigenvalue weighted by molar-refractivity contribution is 5.91. The van der Waals surface area contributed by atoms with Crippen molar-refractivity contribution in [1.29, 1.82) is 0 Å². The Balaban J connectivity index is 1.72. The molecule has 2 aromatic rings. The van der Waals surface area contributed by atoms with Crippen molar-refractivity contribution in [3.63, 3.8) is 0 Å². The summed E-state index contributed by atoms with van der Waals surface area (Å²) in [6.07, 6.45) is 1.64. The lowest BCUT2D eigenvalue weighted by molar-refractivity contribution is -0.114. The normalized spacial score (nSPS) is 10.0. The number of carbonyl (C=O) groups excluding carboxylic acids is 1. The highest BCUT2D eigenvalue weighted by Gasteiger charge is 2.00. The smallest absolute Gasteiger partial charge is 0.239 e. The second kappa shape index (κ2) is 8.60. The summed E-state index contributed by atoms with van der Waals surface area (Å²) in [7, 11) is 1.63. The van der Waals surface area contributed by atoms with E-state index < -0.39 is 0 Å². The summed E-state index contributed by atoms with van der Waals surface area (Å²) >= 11 is 0. The van der Waals surface area contributed by atoms with Gasteiger partial charge in [-0.15, -0.1) is 0 Å². The zero-order chi connectivity index (χ0) is 16.5. The van der Waals surface area contributed by atoms with Gasteiger partial charge in [0.1, 0.15) is 23.9 Å². The summed E-state index contributed by atoms with van der Waals surface area (Å²) in [5.74, 6) is 1.78. The van der Waals surface area contributed by atoms with Gasteiger partial charge in [0.05, 0.1) is 25.5 Å². The molecule has 0 fully saturated rings. The number of nitrogens with zero attached hydrogens (tertiary/aromatic N) is 1. The van der Waals surface area contributed by atoms with Crippen LogP contribution in [0.1, 0.15) is 0 Å². The third-order valence-electron chi connectivity index (χ3n) is 2.98. The summed E-state index contributed by atoms with van der Waals surface area (Å²) in [6.45, 7) is 1.07. The molecule has 1 amide bonds. The summed E-state index contributed by atoms with van der Waals surface area (Å²) in [5, 5.41) is 5.76. The number of nitrogens with one attached hydrogen (secondary N) is 2. The maximum Gasteiger partial charge on any atom is 0.239 e. The second-order valence-corrected chi connectivity index (χ2v) is 4.64. The van der Waals surface area contributed by atoms with Gasteiger partial charge in [0.15, 0.2) is 0 Å². The van der Waals surface area contributed by atoms with Gasteiger partial charge in [-0.25, -0.2) is 4.98 Å². The number of pyridine rings is 1.